The zero-order chi connectivity index (χ0) is 81.1. The van der Waals surface area contributed by atoms with Crippen LogP contribution in [0.25, 0.3) is 56.3 Å². The fraction of sp³-hybridized carbons (Fsp3) is 0.439. The fourth-order valence-electron chi connectivity index (χ4n) is 15.0. The van der Waals surface area contributed by atoms with Gasteiger partial charge in [0, 0.05) is 0 Å². The minimum atomic E-state index is -1.91. The number of aryl methyl sites for hydroxylation is 11. The Morgan fingerprint density at radius 3 is 0.861 bits per heavy atom. The summed E-state index contributed by atoms with van der Waals surface area (Å²) < 4.78 is 19.8. The summed E-state index contributed by atoms with van der Waals surface area (Å²) in [5.74, 6) is 39.2. The van der Waals surface area contributed by atoms with Gasteiger partial charge in [0.2, 0.25) is 0 Å². The van der Waals surface area contributed by atoms with Crippen molar-refractivity contribution in [2.24, 2.45) is 41.2 Å². The molecule has 0 fully saturated rings. The molecule has 5 aromatic carbocycles. The van der Waals surface area contributed by atoms with E-state index in [-0.39, 0.29) is 5.41 Å². The first-order valence-electron chi connectivity index (χ1n) is 40.5. The molecule has 5 aromatic heterocycles. The van der Waals surface area contributed by atoms with Gasteiger partial charge in [-0.3, -0.25) is 0 Å². The van der Waals surface area contributed by atoms with Crippen LogP contribution < -0.4 is 44.8 Å². The SMILES string of the molecule is CCC(C)c1cc(-c2ccccc2C)[n+](C)c[c]1[Ge]([CH3])([CH3])[CH3].CCCc1cc(-c2ccccc2C)[n+](C)c[c]1[Ge]([CH3])([CH3])[CH3].Cc1ccccc1-c1cc(C(C)(C)C)[c]([Ge]([CH3])([CH3])[CH3])c[n+]1C.Cc1ccccc1-c1cc(C(C)C)[c]([Ge]([CH3])([CH3])[CH3])c[n+]1C.Cc1ccccc1-c1cc(CC(C)C)[c]([Ge]([CH3])([CH3])[CH3])c[n+]1C. The molecule has 0 amide bonds. The Labute approximate surface area is 673 Å². The molecule has 10 heteroatoms. The second kappa shape index (κ2) is 38.4. The summed E-state index contributed by atoms with van der Waals surface area (Å²) in [6.45, 7) is 34.2. The first-order chi connectivity index (χ1) is 50.0. The van der Waals surface area contributed by atoms with Crippen molar-refractivity contribution in [1.82, 2.24) is 0 Å². The van der Waals surface area contributed by atoms with Crippen LogP contribution in [0.5, 0.6) is 0 Å². The summed E-state index contributed by atoms with van der Waals surface area (Å²) in [4.78, 5) is 0. The van der Waals surface area contributed by atoms with Crippen molar-refractivity contribution in [2.75, 3.05) is 0 Å². The molecular formula is C98H146Ge5N5+5. The number of nitrogens with zero attached hydrogens (tertiary/aromatic N) is 5. The number of pyridine rings is 5. The van der Waals surface area contributed by atoms with Gasteiger partial charge < -0.3 is 0 Å². The van der Waals surface area contributed by atoms with Crippen molar-refractivity contribution in [3.05, 3.63) is 238 Å². The zero-order valence-electron chi connectivity index (χ0n) is 74.6. The van der Waals surface area contributed by atoms with Crippen molar-refractivity contribution >= 4 is 88.3 Å². The van der Waals surface area contributed by atoms with E-state index < -0.39 is 66.3 Å². The molecule has 1 unspecified atom stereocenters. The van der Waals surface area contributed by atoms with E-state index in [1.807, 2.05) is 0 Å². The monoisotopic (exact) mass is 1760 g/mol. The summed E-state index contributed by atoms with van der Waals surface area (Å²) in [5, 5.41) is 0. The average molecular weight is 1760 g/mol. The van der Waals surface area contributed by atoms with Gasteiger partial charge in [-0.05, 0) is 0 Å². The van der Waals surface area contributed by atoms with Crippen LogP contribution in [-0.2, 0) is 53.5 Å². The standard InChI is InChI=1S/3C20H30GeN.2C19H28GeN/c1-15-11-9-10-12-16(15)19-13-17(20(2,3)4)18(14-22(19)8)21(5,6)7;1-15(2)12-17-13-20(18-11-9-8-10-16(18)3)22(7)14-19(17)21(4,5)6;1-8-15(2)18-13-20(17-12-10-9-11-16(17)3)22(7)14-19(18)21(4,5)6;1-14(2)17-12-19(16-11-9-8-10-15(16)3)21(7)13-18(17)20(4,5)6;1-7-10-16-13-19(17-12-9-8-11-15(17)2)21(6)14-18(16)20(3,4)5/h9-14H,1-8H3;8-11,13-15H,12H2,1-7H3;9-15H,8H2,1-7H3;8-14H,1-7H3;8-9,11-14H,7,10H2,1-6H3/q5*+1. The second-order valence-electron chi connectivity index (χ2n) is 38.2. The van der Waals surface area contributed by atoms with Crippen molar-refractivity contribution < 1.29 is 22.8 Å². The third-order valence-corrected chi connectivity index (χ3v) is 42.9. The van der Waals surface area contributed by atoms with E-state index in [0.29, 0.717) is 17.8 Å². The molecule has 108 heavy (non-hydrogen) atoms. The van der Waals surface area contributed by atoms with E-state index in [4.69, 9.17) is 0 Å². The number of hydrogen-bond acceptors (Lipinski definition) is 0. The van der Waals surface area contributed by atoms with Gasteiger partial charge in [-0.15, -0.1) is 0 Å². The van der Waals surface area contributed by atoms with Gasteiger partial charge in [-0.1, -0.05) is 0 Å². The Kier molecular flexibility index (Phi) is 32.5. The van der Waals surface area contributed by atoms with Crippen LogP contribution in [0, 0.1) is 40.5 Å². The quantitative estimate of drug-likeness (QED) is 0.0639. The molecule has 10 aromatic rings. The van der Waals surface area contributed by atoms with Gasteiger partial charge in [-0.2, -0.15) is 0 Å². The van der Waals surface area contributed by atoms with Gasteiger partial charge in [-0.25, -0.2) is 0 Å². The van der Waals surface area contributed by atoms with E-state index in [2.05, 4.69) is 431 Å². The van der Waals surface area contributed by atoms with Crippen molar-refractivity contribution in [3.8, 4) is 56.3 Å². The van der Waals surface area contributed by atoms with Gasteiger partial charge in [0.15, 0.2) is 0 Å². The van der Waals surface area contributed by atoms with Crippen LogP contribution in [0.4, 0.5) is 0 Å². The van der Waals surface area contributed by atoms with E-state index in [0.717, 1.165) is 0 Å². The molecule has 0 aliphatic rings. The molecule has 0 spiro atoms. The summed E-state index contributed by atoms with van der Waals surface area (Å²) >= 11 is -9.33. The Morgan fingerprint density at radius 1 is 0.324 bits per heavy atom. The average Bonchev–Trinajstić information content (AvgIpc) is 0.782. The summed E-state index contributed by atoms with van der Waals surface area (Å²) in [5.41, 5.74) is 28.1. The first-order valence-corrected chi connectivity index (χ1v) is 77.2. The number of hydrogen-bond donors (Lipinski definition) is 0. The maximum absolute atomic E-state index is 2.49. The Hall–Kier alpha value is -5.44. The predicted octanol–water partition coefficient (Wildman–Crippen LogP) is 21.2. The molecule has 0 saturated heterocycles. The fourth-order valence-corrected chi connectivity index (χ4v) is 33.6. The Balaban J connectivity index is 0.000000211. The van der Waals surface area contributed by atoms with Gasteiger partial charge in [0.1, 0.15) is 0 Å². The van der Waals surface area contributed by atoms with Crippen LogP contribution in [0.1, 0.15) is 150 Å². The molecule has 0 N–H and O–H groups in total. The molecule has 0 saturated carbocycles. The summed E-state index contributed by atoms with van der Waals surface area (Å²) in [6, 6.07) is 55.6. The Morgan fingerprint density at radius 2 is 0.583 bits per heavy atom. The molecule has 578 valence electrons. The minimum absolute atomic E-state index is 0.180. The number of rotatable bonds is 17. The topological polar surface area (TPSA) is 19.4 Å². The molecule has 10 rings (SSSR count). The van der Waals surface area contributed by atoms with E-state index in [9.17, 15) is 0 Å². The van der Waals surface area contributed by atoms with E-state index in [1.54, 1.807) is 44.2 Å². The number of benzene rings is 5. The molecule has 0 radical (unpaired) electrons. The molecule has 1 atom stereocenters. The molecular weight excluding hydrogens is 1610 g/mol. The maximum atomic E-state index is 2.49. The van der Waals surface area contributed by atoms with Gasteiger partial charge >= 0.3 is 680 Å². The molecule has 0 aliphatic carbocycles. The second-order valence-corrected chi connectivity index (χ2v) is 91.0. The van der Waals surface area contributed by atoms with Crippen molar-refractivity contribution in [1.29, 1.82) is 0 Å². The number of aromatic nitrogens is 5. The normalized spacial score (nSPS) is 12.3. The van der Waals surface area contributed by atoms with Gasteiger partial charge in [0.25, 0.3) is 0 Å². The van der Waals surface area contributed by atoms with Crippen LogP contribution in [0.3, 0.4) is 0 Å². The molecule has 5 nitrogen and oxygen atoms in total. The van der Waals surface area contributed by atoms with E-state index >= 15 is 0 Å². The summed E-state index contributed by atoms with van der Waals surface area (Å²) in [7, 11) is 10.9. The Bertz CT molecular complexity index is 4690. The first kappa shape index (κ1) is 91.4. The third kappa shape index (κ3) is 24.3. The molecule has 0 aliphatic heterocycles. The molecule has 5 heterocycles. The van der Waals surface area contributed by atoms with Crippen LogP contribution >= 0.6 is 0 Å². The van der Waals surface area contributed by atoms with Crippen molar-refractivity contribution in [3.63, 3.8) is 0 Å². The van der Waals surface area contributed by atoms with Crippen molar-refractivity contribution in [2.45, 2.75) is 233 Å². The van der Waals surface area contributed by atoms with Crippen LogP contribution in [-0.4, -0.2) is 66.3 Å². The predicted molar refractivity (Wildman–Crippen MR) is 488 cm³/mol. The molecule has 0 bridgehead atoms. The van der Waals surface area contributed by atoms with E-state index in [1.165, 1.54) is 115 Å². The summed E-state index contributed by atoms with van der Waals surface area (Å²) in [6.07, 6.45) is 16.8. The van der Waals surface area contributed by atoms with Crippen LogP contribution in [0.2, 0.25) is 86.3 Å². The third-order valence-electron chi connectivity index (χ3n) is 21.5. The van der Waals surface area contributed by atoms with Gasteiger partial charge in [0.05, 0.1) is 0 Å². The van der Waals surface area contributed by atoms with Crippen LogP contribution in [0.15, 0.2) is 183 Å². The zero-order valence-corrected chi connectivity index (χ0v) is 85.1.